The van der Waals surface area contributed by atoms with Gasteiger partial charge in [0.25, 0.3) is 5.91 Å². The molecule has 1 atom stereocenters. The molecule has 3 heterocycles. The molecule has 0 aliphatic carbocycles. The van der Waals surface area contributed by atoms with Crippen LogP contribution >= 0.6 is 0 Å². The zero-order valence-corrected chi connectivity index (χ0v) is 21.1. The molecule has 0 aromatic heterocycles. The summed E-state index contributed by atoms with van der Waals surface area (Å²) < 4.78 is 5.25. The van der Waals surface area contributed by atoms with Crippen molar-refractivity contribution in [1.29, 1.82) is 0 Å². The summed E-state index contributed by atoms with van der Waals surface area (Å²) in [5, 5.41) is 0. The summed E-state index contributed by atoms with van der Waals surface area (Å²) in [5.74, 6) is 0.946. The molecule has 0 spiro atoms. The van der Waals surface area contributed by atoms with Gasteiger partial charge in [0.1, 0.15) is 11.4 Å². The Balaban J connectivity index is 1.19. The van der Waals surface area contributed by atoms with E-state index in [0.717, 1.165) is 37.5 Å². The molecule has 0 saturated carbocycles. The van der Waals surface area contributed by atoms with Gasteiger partial charge in [-0.05, 0) is 62.6 Å². The Labute approximate surface area is 212 Å². The van der Waals surface area contributed by atoms with Gasteiger partial charge in [-0.2, -0.15) is 0 Å². The second kappa shape index (κ2) is 9.84. The summed E-state index contributed by atoms with van der Waals surface area (Å²) >= 11 is 0. The van der Waals surface area contributed by atoms with Crippen LogP contribution in [0, 0.1) is 0 Å². The van der Waals surface area contributed by atoms with E-state index in [2.05, 4.69) is 17.0 Å². The van der Waals surface area contributed by atoms with E-state index in [-0.39, 0.29) is 17.7 Å². The van der Waals surface area contributed by atoms with Gasteiger partial charge in [-0.1, -0.05) is 12.1 Å². The Hall–Kier alpha value is -3.55. The maximum atomic E-state index is 13.4. The van der Waals surface area contributed by atoms with Gasteiger partial charge in [-0.3, -0.25) is 19.3 Å². The molecule has 2 aromatic rings. The van der Waals surface area contributed by atoms with Crippen LogP contribution in [0.2, 0.25) is 0 Å². The molecule has 0 bridgehead atoms. The second-order valence-corrected chi connectivity index (χ2v) is 9.94. The molecule has 190 valence electrons. The lowest BCUT2D eigenvalue weighted by molar-refractivity contribution is -0.131. The first-order valence-corrected chi connectivity index (χ1v) is 12.8. The van der Waals surface area contributed by atoms with Crippen molar-refractivity contribution in [3.8, 4) is 5.75 Å². The number of carbonyl (C=O) groups is 3. The molecule has 0 radical (unpaired) electrons. The highest BCUT2D eigenvalue weighted by molar-refractivity contribution is 6.10. The average Bonchev–Trinajstić information content (AvgIpc) is 3.06. The maximum absolute atomic E-state index is 13.4. The highest BCUT2D eigenvalue weighted by Crippen LogP contribution is 2.44. The lowest BCUT2D eigenvalue weighted by atomic mass is 9.98. The van der Waals surface area contributed by atoms with Crippen molar-refractivity contribution in [2.75, 3.05) is 49.6 Å². The third-order valence-corrected chi connectivity index (χ3v) is 7.80. The Bertz CT molecular complexity index is 1150. The van der Waals surface area contributed by atoms with Gasteiger partial charge in [0.05, 0.1) is 18.4 Å². The summed E-state index contributed by atoms with van der Waals surface area (Å²) in [7, 11) is 1.66. The molecule has 3 amide bonds. The van der Waals surface area contributed by atoms with Gasteiger partial charge >= 0.3 is 0 Å². The fraction of sp³-hybridized carbons (Fsp3) is 0.464. The first-order valence-electron chi connectivity index (χ1n) is 12.8. The number of fused-ring (bicyclic) bond motifs is 3. The summed E-state index contributed by atoms with van der Waals surface area (Å²) in [5.41, 5.74) is 1.72. The van der Waals surface area contributed by atoms with E-state index < -0.39 is 5.66 Å². The van der Waals surface area contributed by atoms with Crippen molar-refractivity contribution in [1.82, 2.24) is 9.80 Å². The third-order valence-electron chi connectivity index (χ3n) is 7.80. The third kappa shape index (κ3) is 4.29. The van der Waals surface area contributed by atoms with E-state index in [1.165, 1.54) is 0 Å². The zero-order chi connectivity index (χ0) is 25.3. The maximum Gasteiger partial charge on any atom is 0.257 e. The molecule has 8 heteroatoms. The van der Waals surface area contributed by atoms with Crippen LogP contribution < -0.4 is 14.5 Å². The summed E-state index contributed by atoms with van der Waals surface area (Å²) in [6.45, 7) is 5.53. The van der Waals surface area contributed by atoms with Crippen molar-refractivity contribution in [2.45, 2.75) is 44.7 Å². The number of ether oxygens (including phenoxy) is 1. The van der Waals surface area contributed by atoms with Crippen molar-refractivity contribution >= 4 is 29.1 Å². The number of nitrogens with zero attached hydrogens (tertiary/aromatic N) is 4. The number of carbonyl (C=O) groups excluding carboxylic acids is 3. The molecule has 3 aliphatic rings. The molecule has 2 aromatic carbocycles. The largest absolute Gasteiger partial charge is 0.497 e. The smallest absolute Gasteiger partial charge is 0.257 e. The van der Waals surface area contributed by atoms with Crippen molar-refractivity contribution < 1.29 is 19.1 Å². The van der Waals surface area contributed by atoms with E-state index in [9.17, 15) is 14.4 Å². The van der Waals surface area contributed by atoms with Gasteiger partial charge in [0.15, 0.2) is 0 Å². The molecular formula is C28H34N4O4. The first-order chi connectivity index (χ1) is 17.4. The highest BCUT2D eigenvalue weighted by Gasteiger charge is 2.52. The number of para-hydroxylation sites is 1. The topological polar surface area (TPSA) is 73.4 Å². The molecule has 1 unspecified atom stereocenters. The van der Waals surface area contributed by atoms with Gasteiger partial charge in [0.2, 0.25) is 11.8 Å². The number of hydrogen-bond acceptors (Lipinski definition) is 5. The number of anilines is 2. The summed E-state index contributed by atoms with van der Waals surface area (Å²) in [6.07, 6.45) is 2.90. The SMILES string of the molecule is COc1ccc(N2CCCN(C(=O)CCCN3C(=O)c4ccccc4N4C(=O)CCC34C)CC2)cc1. The lowest BCUT2D eigenvalue weighted by Gasteiger charge is -2.48. The van der Waals surface area contributed by atoms with E-state index in [1.807, 2.05) is 42.2 Å². The monoisotopic (exact) mass is 490 g/mol. The summed E-state index contributed by atoms with van der Waals surface area (Å²) in [6, 6.07) is 15.4. The van der Waals surface area contributed by atoms with Crippen LogP contribution in [0.25, 0.3) is 0 Å². The number of benzene rings is 2. The first kappa shape index (κ1) is 24.2. The lowest BCUT2D eigenvalue weighted by Crippen LogP contribution is -2.62. The molecule has 2 saturated heterocycles. The average molecular weight is 491 g/mol. The quantitative estimate of drug-likeness (QED) is 0.620. The molecule has 5 rings (SSSR count). The second-order valence-electron chi connectivity index (χ2n) is 9.94. The Morgan fingerprint density at radius 1 is 1.00 bits per heavy atom. The summed E-state index contributed by atoms with van der Waals surface area (Å²) in [4.78, 5) is 47.0. The Morgan fingerprint density at radius 2 is 1.78 bits per heavy atom. The molecule has 8 nitrogen and oxygen atoms in total. The Kier molecular flexibility index (Phi) is 6.60. The van der Waals surface area contributed by atoms with E-state index in [0.29, 0.717) is 50.0 Å². The minimum absolute atomic E-state index is 0.0458. The normalized spacial score (nSPS) is 21.8. The van der Waals surface area contributed by atoms with Gasteiger partial charge in [-0.15, -0.1) is 0 Å². The predicted octanol–water partition coefficient (Wildman–Crippen LogP) is 3.51. The number of methoxy groups -OCH3 is 1. The minimum atomic E-state index is -0.674. The number of hydrogen-bond donors (Lipinski definition) is 0. The predicted molar refractivity (Wildman–Crippen MR) is 138 cm³/mol. The number of rotatable bonds is 6. The number of amides is 3. The molecule has 36 heavy (non-hydrogen) atoms. The molecule has 0 N–H and O–H groups in total. The Morgan fingerprint density at radius 3 is 2.56 bits per heavy atom. The van der Waals surface area contributed by atoms with Crippen LogP contribution in [0.15, 0.2) is 48.5 Å². The fourth-order valence-corrected chi connectivity index (χ4v) is 5.81. The van der Waals surface area contributed by atoms with Gasteiger partial charge < -0.3 is 19.4 Å². The van der Waals surface area contributed by atoms with Crippen LogP contribution in [0.4, 0.5) is 11.4 Å². The van der Waals surface area contributed by atoms with Crippen molar-refractivity contribution in [2.24, 2.45) is 0 Å². The fourth-order valence-electron chi connectivity index (χ4n) is 5.81. The van der Waals surface area contributed by atoms with Crippen molar-refractivity contribution in [3.05, 3.63) is 54.1 Å². The van der Waals surface area contributed by atoms with Crippen LogP contribution in [0.5, 0.6) is 5.75 Å². The molecule has 2 fully saturated rings. The van der Waals surface area contributed by atoms with Crippen LogP contribution in [0.3, 0.4) is 0 Å². The van der Waals surface area contributed by atoms with Gasteiger partial charge in [-0.25, -0.2) is 0 Å². The zero-order valence-electron chi connectivity index (χ0n) is 21.1. The van der Waals surface area contributed by atoms with E-state index in [4.69, 9.17) is 4.74 Å². The van der Waals surface area contributed by atoms with Crippen molar-refractivity contribution in [3.63, 3.8) is 0 Å². The highest BCUT2D eigenvalue weighted by atomic mass is 16.5. The molecular weight excluding hydrogens is 456 g/mol. The molecule has 3 aliphatic heterocycles. The van der Waals surface area contributed by atoms with Crippen LogP contribution in [-0.4, -0.2) is 73.0 Å². The van der Waals surface area contributed by atoms with E-state index in [1.54, 1.807) is 23.0 Å². The van der Waals surface area contributed by atoms with Gasteiger partial charge in [0, 0.05) is 51.3 Å². The minimum Gasteiger partial charge on any atom is -0.497 e. The van der Waals surface area contributed by atoms with Crippen LogP contribution in [0.1, 0.15) is 49.4 Å². The van der Waals surface area contributed by atoms with Crippen LogP contribution in [-0.2, 0) is 9.59 Å². The van der Waals surface area contributed by atoms with E-state index >= 15 is 0 Å². The standard InChI is InChI=1S/C28H34N4O4/c1-28-15-14-26(34)32(28)24-8-4-3-7-23(24)27(35)31(28)18-5-9-25(33)30-17-6-16-29(19-20-30)21-10-12-22(36-2)13-11-21/h3-4,7-8,10-13H,5-6,9,14-20H2,1-2H3.